The summed E-state index contributed by atoms with van der Waals surface area (Å²) in [6, 6.07) is 4.29. The summed E-state index contributed by atoms with van der Waals surface area (Å²) in [5.41, 5.74) is 0.543. The molecule has 0 atom stereocenters. The minimum atomic E-state index is -0.356. The summed E-state index contributed by atoms with van der Waals surface area (Å²) in [6.07, 6.45) is 5.10. The van der Waals surface area contributed by atoms with Gasteiger partial charge in [-0.05, 0) is 18.2 Å². The first-order valence-corrected chi connectivity index (χ1v) is 5.92. The molecule has 6 heteroatoms. The Morgan fingerprint density at radius 2 is 2.33 bits per heavy atom. The van der Waals surface area contributed by atoms with Gasteiger partial charge in [-0.15, -0.1) is 6.42 Å². The highest BCUT2D eigenvalue weighted by atomic mass is 79.9. The van der Waals surface area contributed by atoms with E-state index in [2.05, 4.69) is 37.3 Å². The Morgan fingerprint density at radius 1 is 1.50 bits per heavy atom. The zero-order chi connectivity index (χ0) is 13.0. The van der Waals surface area contributed by atoms with Gasteiger partial charge >= 0.3 is 0 Å². The van der Waals surface area contributed by atoms with E-state index in [4.69, 9.17) is 10.9 Å². The predicted octanol–water partition coefficient (Wildman–Crippen LogP) is 2.36. The van der Waals surface area contributed by atoms with Crippen molar-refractivity contribution >= 4 is 15.9 Å². The molecule has 0 bridgehead atoms. The van der Waals surface area contributed by atoms with Gasteiger partial charge in [0.15, 0.2) is 0 Å². The van der Waals surface area contributed by atoms with Gasteiger partial charge in [0.1, 0.15) is 5.82 Å². The minimum absolute atomic E-state index is 0.332. The Labute approximate surface area is 112 Å². The number of hydrogen-bond acceptors (Lipinski definition) is 4. The van der Waals surface area contributed by atoms with E-state index in [0.29, 0.717) is 34.8 Å². The van der Waals surface area contributed by atoms with Crippen molar-refractivity contribution in [1.29, 1.82) is 0 Å². The van der Waals surface area contributed by atoms with E-state index in [0.717, 1.165) is 0 Å². The fraction of sp³-hybridized carbons (Fsp3) is 0.167. The quantitative estimate of drug-likeness (QED) is 0.696. The lowest BCUT2D eigenvalue weighted by molar-refractivity contribution is 0.370. The van der Waals surface area contributed by atoms with E-state index < -0.39 is 0 Å². The van der Waals surface area contributed by atoms with Gasteiger partial charge in [-0.25, -0.2) is 4.39 Å². The second-order valence-corrected chi connectivity index (χ2v) is 4.30. The lowest BCUT2D eigenvalue weighted by Crippen LogP contribution is -2.13. The molecule has 0 amide bonds. The van der Waals surface area contributed by atoms with Crippen molar-refractivity contribution in [3.8, 4) is 23.7 Å². The first-order valence-electron chi connectivity index (χ1n) is 5.13. The lowest BCUT2D eigenvalue weighted by atomic mass is 10.2. The Hall–Kier alpha value is -1.71. The molecule has 0 aliphatic heterocycles. The van der Waals surface area contributed by atoms with Gasteiger partial charge in [0.05, 0.1) is 13.1 Å². The van der Waals surface area contributed by atoms with Crippen LogP contribution in [0.2, 0.25) is 0 Å². The molecule has 0 aliphatic rings. The van der Waals surface area contributed by atoms with Crippen LogP contribution < -0.4 is 5.32 Å². The van der Waals surface area contributed by atoms with Gasteiger partial charge in [-0.3, -0.25) is 5.32 Å². The predicted molar refractivity (Wildman–Crippen MR) is 67.9 cm³/mol. The second kappa shape index (κ2) is 5.76. The van der Waals surface area contributed by atoms with E-state index in [-0.39, 0.29) is 5.82 Å². The maximum absolute atomic E-state index is 13.1. The van der Waals surface area contributed by atoms with Crippen molar-refractivity contribution in [2.45, 2.75) is 6.54 Å². The smallest absolute Gasteiger partial charge is 0.240 e. The normalized spacial score (nSPS) is 10.3. The summed E-state index contributed by atoms with van der Waals surface area (Å²) in [5, 5.41) is 6.72. The molecule has 0 unspecified atom stereocenters. The molecule has 0 fully saturated rings. The molecule has 2 rings (SSSR count). The summed E-state index contributed by atoms with van der Waals surface area (Å²) < 4.78 is 18.9. The first kappa shape index (κ1) is 12.7. The van der Waals surface area contributed by atoms with Crippen molar-refractivity contribution in [2.75, 3.05) is 6.54 Å². The maximum Gasteiger partial charge on any atom is 0.240 e. The van der Waals surface area contributed by atoms with Crippen LogP contribution in [0.4, 0.5) is 4.39 Å². The van der Waals surface area contributed by atoms with Crippen molar-refractivity contribution in [2.24, 2.45) is 0 Å². The van der Waals surface area contributed by atoms with Crippen molar-refractivity contribution in [3.05, 3.63) is 34.4 Å². The number of terminal acetylenes is 1. The molecule has 2 aromatic rings. The lowest BCUT2D eigenvalue weighted by Gasteiger charge is -1.98. The number of nitrogens with one attached hydrogen (secondary N) is 1. The molecule has 92 valence electrons. The number of nitrogens with zero attached hydrogens (tertiary/aromatic N) is 2. The van der Waals surface area contributed by atoms with E-state index >= 15 is 0 Å². The summed E-state index contributed by atoms with van der Waals surface area (Å²) in [7, 11) is 0. The van der Waals surface area contributed by atoms with Gasteiger partial charge in [-0.1, -0.05) is 27.0 Å². The van der Waals surface area contributed by atoms with Crippen LogP contribution in [0, 0.1) is 18.2 Å². The van der Waals surface area contributed by atoms with Crippen LogP contribution in [-0.4, -0.2) is 16.7 Å². The minimum Gasteiger partial charge on any atom is -0.338 e. The van der Waals surface area contributed by atoms with Gasteiger partial charge in [0.2, 0.25) is 11.7 Å². The zero-order valence-electron chi connectivity index (χ0n) is 9.28. The monoisotopic (exact) mass is 309 g/mol. The van der Waals surface area contributed by atoms with E-state index in [9.17, 15) is 4.39 Å². The van der Waals surface area contributed by atoms with Gasteiger partial charge in [0.25, 0.3) is 0 Å². The molecule has 1 aromatic heterocycles. The van der Waals surface area contributed by atoms with Crippen molar-refractivity contribution in [3.63, 3.8) is 0 Å². The molecule has 18 heavy (non-hydrogen) atoms. The highest BCUT2D eigenvalue weighted by Crippen LogP contribution is 2.26. The molecule has 0 aliphatic carbocycles. The average Bonchev–Trinajstić information content (AvgIpc) is 2.81. The van der Waals surface area contributed by atoms with Crippen LogP contribution in [-0.2, 0) is 6.54 Å². The van der Waals surface area contributed by atoms with Gasteiger partial charge in [-0.2, -0.15) is 4.98 Å². The van der Waals surface area contributed by atoms with E-state index in [1.54, 1.807) is 6.07 Å². The second-order valence-electron chi connectivity index (χ2n) is 3.44. The summed E-state index contributed by atoms with van der Waals surface area (Å²) in [6.45, 7) is 0.797. The van der Waals surface area contributed by atoms with Crippen molar-refractivity contribution < 1.29 is 8.91 Å². The Kier molecular flexibility index (Phi) is 4.07. The molecule has 4 nitrogen and oxygen atoms in total. The highest BCUT2D eigenvalue weighted by molar-refractivity contribution is 9.10. The first-order chi connectivity index (χ1) is 8.70. The number of benzene rings is 1. The topological polar surface area (TPSA) is 51.0 Å². The van der Waals surface area contributed by atoms with Crippen LogP contribution >= 0.6 is 15.9 Å². The fourth-order valence-corrected chi connectivity index (χ4v) is 1.77. The summed E-state index contributed by atoms with van der Waals surface area (Å²) >= 11 is 3.31. The van der Waals surface area contributed by atoms with Crippen LogP contribution in [0.1, 0.15) is 5.89 Å². The van der Waals surface area contributed by atoms with Crippen LogP contribution in [0.15, 0.2) is 27.2 Å². The SMILES string of the molecule is C#CCNCc1nc(-c2cc(F)ccc2Br)no1. The van der Waals surface area contributed by atoms with Gasteiger partial charge in [0, 0.05) is 10.0 Å². The third-order valence-corrected chi connectivity index (χ3v) is 2.83. The molecular weight excluding hydrogens is 301 g/mol. The third-order valence-electron chi connectivity index (χ3n) is 2.14. The average molecular weight is 310 g/mol. The summed E-state index contributed by atoms with van der Waals surface area (Å²) in [5.74, 6) is 2.81. The maximum atomic E-state index is 13.1. The van der Waals surface area contributed by atoms with Crippen molar-refractivity contribution in [1.82, 2.24) is 15.5 Å². The number of hydrogen-bond donors (Lipinski definition) is 1. The molecular formula is C12H9BrFN3O. The molecule has 1 heterocycles. The number of halogens is 2. The van der Waals surface area contributed by atoms with Crippen LogP contribution in [0.3, 0.4) is 0 Å². The summed E-state index contributed by atoms with van der Waals surface area (Å²) in [4.78, 5) is 4.15. The third kappa shape index (κ3) is 2.94. The zero-order valence-corrected chi connectivity index (χ0v) is 10.9. The Morgan fingerprint density at radius 3 is 3.11 bits per heavy atom. The Balaban J connectivity index is 2.19. The van der Waals surface area contributed by atoms with Crippen LogP contribution in [0.25, 0.3) is 11.4 Å². The number of aromatic nitrogens is 2. The molecule has 0 radical (unpaired) electrons. The standard InChI is InChI=1S/C12H9BrFN3O/c1-2-5-15-7-11-16-12(17-18-11)9-6-8(14)3-4-10(9)13/h1,3-4,6,15H,5,7H2. The van der Waals surface area contributed by atoms with E-state index in [1.807, 2.05) is 0 Å². The highest BCUT2D eigenvalue weighted by Gasteiger charge is 2.12. The fourth-order valence-electron chi connectivity index (χ4n) is 1.35. The molecule has 0 spiro atoms. The van der Waals surface area contributed by atoms with E-state index in [1.165, 1.54) is 12.1 Å². The Bertz CT molecular complexity index is 591. The van der Waals surface area contributed by atoms with Crippen LogP contribution in [0.5, 0.6) is 0 Å². The number of rotatable bonds is 4. The largest absolute Gasteiger partial charge is 0.338 e. The van der Waals surface area contributed by atoms with Gasteiger partial charge < -0.3 is 4.52 Å². The molecule has 1 N–H and O–H groups in total. The molecule has 0 saturated carbocycles. The molecule has 0 saturated heterocycles. The molecule has 1 aromatic carbocycles.